The van der Waals surface area contributed by atoms with Gasteiger partial charge in [-0.15, -0.1) is 0 Å². The van der Waals surface area contributed by atoms with E-state index in [2.05, 4.69) is 46.2 Å². The second-order valence-electron chi connectivity index (χ2n) is 7.02. The standard InChI is InChI=1S/C20H22N6/c1-3-6-18-23-19-14(11-21-25(19)2)20(24-18)26-10-9-17-15(12-26)13-7-4-5-8-16(13)22-17/h4-5,7-8,11,22H,3,6,9-10,12H2,1-2H3. The molecule has 0 spiro atoms. The molecule has 0 saturated carbocycles. The van der Waals surface area contributed by atoms with E-state index in [-0.39, 0.29) is 0 Å². The summed E-state index contributed by atoms with van der Waals surface area (Å²) in [4.78, 5) is 15.6. The number of anilines is 1. The highest BCUT2D eigenvalue weighted by Crippen LogP contribution is 2.32. The minimum absolute atomic E-state index is 0.867. The molecule has 6 nitrogen and oxygen atoms in total. The molecule has 26 heavy (non-hydrogen) atoms. The molecule has 4 heterocycles. The van der Waals surface area contributed by atoms with E-state index in [1.54, 1.807) is 0 Å². The Bertz CT molecular complexity index is 1110. The summed E-state index contributed by atoms with van der Waals surface area (Å²) in [5, 5.41) is 6.77. The van der Waals surface area contributed by atoms with Gasteiger partial charge in [-0.3, -0.25) is 4.68 Å². The number of hydrogen-bond acceptors (Lipinski definition) is 4. The Hall–Kier alpha value is -2.89. The van der Waals surface area contributed by atoms with E-state index in [1.807, 2.05) is 17.9 Å². The molecule has 0 unspecified atom stereocenters. The number of nitrogens with one attached hydrogen (secondary N) is 1. The average Bonchev–Trinajstić information content (AvgIpc) is 3.22. The Morgan fingerprint density at radius 1 is 1.15 bits per heavy atom. The molecular formula is C20H22N6. The lowest BCUT2D eigenvalue weighted by atomic mass is 10.0. The van der Waals surface area contributed by atoms with Gasteiger partial charge in [0, 0.05) is 55.1 Å². The fraction of sp³-hybridized carbons (Fsp3) is 0.350. The summed E-state index contributed by atoms with van der Waals surface area (Å²) in [6.07, 6.45) is 4.82. The predicted octanol–water partition coefficient (Wildman–Crippen LogP) is 3.36. The number of rotatable bonds is 3. The molecule has 0 amide bonds. The van der Waals surface area contributed by atoms with Crippen molar-refractivity contribution in [1.82, 2.24) is 24.7 Å². The number of fused-ring (bicyclic) bond motifs is 4. The van der Waals surface area contributed by atoms with Gasteiger partial charge in [-0.05, 0) is 12.5 Å². The molecule has 1 aromatic carbocycles. The van der Waals surface area contributed by atoms with Crippen LogP contribution in [0.3, 0.4) is 0 Å². The van der Waals surface area contributed by atoms with E-state index in [9.17, 15) is 0 Å². The van der Waals surface area contributed by atoms with Gasteiger partial charge in [0.1, 0.15) is 11.6 Å². The maximum atomic E-state index is 4.92. The molecule has 0 bridgehead atoms. The lowest BCUT2D eigenvalue weighted by molar-refractivity contribution is 0.710. The topological polar surface area (TPSA) is 62.6 Å². The molecule has 4 aromatic rings. The highest BCUT2D eigenvalue weighted by Gasteiger charge is 2.24. The van der Waals surface area contributed by atoms with Crippen LogP contribution in [-0.4, -0.2) is 31.3 Å². The number of H-pyrrole nitrogens is 1. The molecule has 1 aliphatic heterocycles. The Morgan fingerprint density at radius 3 is 2.92 bits per heavy atom. The third-order valence-electron chi connectivity index (χ3n) is 5.27. The van der Waals surface area contributed by atoms with Gasteiger partial charge in [-0.2, -0.15) is 5.10 Å². The van der Waals surface area contributed by atoms with Crippen molar-refractivity contribution < 1.29 is 0 Å². The van der Waals surface area contributed by atoms with Crippen molar-refractivity contribution >= 4 is 27.8 Å². The first-order valence-electron chi connectivity index (χ1n) is 9.26. The molecular weight excluding hydrogens is 324 g/mol. The molecule has 6 heteroatoms. The van der Waals surface area contributed by atoms with Crippen molar-refractivity contribution in [3.05, 3.63) is 47.5 Å². The van der Waals surface area contributed by atoms with Crippen LogP contribution in [0.4, 0.5) is 5.82 Å². The Morgan fingerprint density at radius 2 is 2.04 bits per heavy atom. The van der Waals surface area contributed by atoms with Crippen LogP contribution in [0.25, 0.3) is 21.9 Å². The number of nitrogens with zero attached hydrogens (tertiary/aromatic N) is 5. The molecule has 5 rings (SSSR count). The van der Waals surface area contributed by atoms with Crippen LogP contribution < -0.4 is 4.90 Å². The van der Waals surface area contributed by atoms with Crippen LogP contribution in [0.2, 0.25) is 0 Å². The van der Waals surface area contributed by atoms with Crippen LogP contribution in [0.15, 0.2) is 30.5 Å². The number of para-hydroxylation sites is 1. The highest BCUT2D eigenvalue weighted by molar-refractivity contribution is 5.89. The van der Waals surface area contributed by atoms with Crippen LogP contribution in [0.1, 0.15) is 30.4 Å². The summed E-state index contributed by atoms with van der Waals surface area (Å²) in [6.45, 7) is 3.98. The fourth-order valence-corrected chi connectivity index (χ4v) is 3.97. The molecule has 0 radical (unpaired) electrons. The third-order valence-corrected chi connectivity index (χ3v) is 5.27. The number of benzene rings is 1. The van der Waals surface area contributed by atoms with Crippen molar-refractivity contribution in [2.24, 2.45) is 7.05 Å². The zero-order valence-electron chi connectivity index (χ0n) is 15.2. The summed E-state index contributed by atoms with van der Waals surface area (Å²) in [5.41, 5.74) is 4.88. The first-order valence-corrected chi connectivity index (χ1v) is 9.26. The van der Waals surface area contributed by atoms with E-state index >= 15 is 0 Å². The normalized spacial score (nSPS) is 14.3. The zero-order chi connectivity index (χ0) is 17.7. The van der Waals surface area contributed by atoms with E-state index in [1.165, 1.54) is 22.2 Å². The number of aromatic amines is 1. The van der Waals surface area contributed by atoms with Crippen molar-refractivity contribution in [3.63, 3.8) is 0 Å². The van der Waals surface area contributed by atoms with Crippen molar-refractivity contribution in [2.75, 3.05) is 11.4 Å². The smallest absolute Gasteiger partial charge is 0.163 e. The summed E-state index contributed by atoms with van der Waals surface area (Å²) < 4.78 is 1.85. The summed E-state index contributed by atoms with van der Waals surface area (Å²) in [7, 11) is 1.95. The second-order valence-corrected chi connectivity index (χ2v) is 7.02. The maximum absolute atomic E-state index is 4.92. The highest BCUT2D eigenvalue weighted by atomic mass is 15.3. The van der Waals surface area contributed by atoms with Crippen LogP contribution in [0, 0.1) is 0 Å². The van der Waals surface area contributed by atoms with Gasteiger partial charge in [-0.1, -0.05) is 25.1 Å². The number of hydrogen-bond donors (Lipinski definition) is 1. The Balaban J connectivity index is 1.62. The first kappa shape index (κ1) is 15.4. The van der Waals surface area contributed by atoms with Gasteiger partial charge in [0.25, 0.3) is 0 Å². The maximum Gasteiger partial charge on any atom is 0.163 e. The molecule has 0 fully saturated rings. The molecule has 0 atom stereocenters. The number of aryl methyl sites for hydroxylation is 2. The predicted molar refractivity (Wildman–Crippen MR) is 103 cm³/mol. The van der Waals surface area contributed by atoms with Crippen molar-refractivity contribution in [1.29, 1.82) is 0 Å². The molecule has 1 aliphatic rings. The van der Waals surface area contributed by atoms with Gasteiger partial charge in [0.15, 0.2) is 5.65 Å². The summed E-state index contributed by atoms with van der Waals surface area (Å²) >= 11 is 0. The van der Waals surface area contributed by atoms with E-state index in [0.29, 0.717) is 0 Å². The quantitative estimate of drug-likeness (QED) is 0.618. The Kier molecular flexibility index (Phi) is 3.45. The Labute approximate surface area is 151 Å². The SMILES string of the molecule is CCCc1nc(N2CCc3[nH]c4ccccc4c3C2)c2cnn(C)c2n1. The second kappa shape index (κ2) is 5.83. The minimum Gasteiger partial charge on any atom is -0.358 e. The van der Waals surface area contributed by atoms with Crippen LogP contribution in [0.5, 0.6) is 0 Å². The number of aromatic nitrogens is 5. The van der Waals surface area contributed by atoms with Gasteiger partial charge in [-0.25, -0.2) is 9.97 Å². The third kappa shape index (κ3) is 2.29. The molecule has 132 valence electrons. The van der Waals surface area contributed by atoms with Gasteiger partial charge >= 0.3 is 0 Å². The molecule has 0 saturated heterocycles. The molecule has 1 N–H and O–H groups in total. The molecule has 0 aliphatic carbocycles. The van der Waals surface area contributed by atoms with E-state index in [0.717, 1.165) is 55.0 Å². The monoisotopic (exact) mass is 346 g/mol. The summed E-state index contributed by atoms with van der Waals surface area (Å²) in [6, 6.07) is 8.55. The van der Waals surface area contributed by atoms with E-state index in [4.69, 9.17) is 9.97 Å². The van der Waals surface area contributed by atoms with Gasteiger partial charge in [0.05, 0.1) is 11.6 Å². The van der Waals surface area contributed by atoms with E-state index < -0.39 is 0 Å². The molecule has 3 aromatic heterocycles. The summed E-state index contributed by atoms with van der Waals surface area (Å²) in [5.74, 6) is 1.92. The van der Waals surface area contributed by atoms with Gasteiger partial charge < -0.3 is 9.88 Å². The minimum atomic E-state index is 0.867. The largest absolute Gasteiger partial charge is 0.358 e. The average molecular weight is 346 g/mol. The van der Waals surface area contributed by atoms with Crippen molar-refractivity contribution in [2.45, 2.75) is 32.7 Å². The zero-order valence-corrected chi connectivity index (χ0v) is 15.2. The van der Waals surface area contributed by atoms with Crippen LogP contribution in [-0.2, 0) is 26.4 Å². The van der Waals surface area contributed by atoms with Gasteiger partial charge in [0.2, 0.25) is 0 Å². The fourth-order valence-electron chi connectivity index (χ4n) is 3.97. The lowest BCUT2D eigenvalue weighted by Gasteiger charge is -2.29. The van der Waals surface area contributed by atoms with Crippen LogP contribution >= 0.6 is 0 Å². The first-order chi connectivity index (χ1) is 12.7. The van der Waals surface area contributed by atoms with Crippen molar-refractivity contribution in [3.8, 4) is 0 Å². The lowest BCUT2D eigenvalue weighted by Crippen LogP contribution is -2.31.